The molecule has 3 N–H and O–H groups in total. The quantitative estimate of drug-likeness (QED) is 0.450. The number of hydrogen-bond acceptors (Lipinski definition) is 4. The summed E-state index contributed by atoms with van der Waals surface area (Å²) in [5.74, 6) is -2.19. The normalized spacial score (nSPS) is 14.9. The van der Waals surface area contributed by atoms with Gasteiger partial charge in [0.15, 0.2) is 0 Å². The molecule has 0 aliphatic heterocycles. The molecule has 1 aliphatic rings. The van der Waals surface area contributed by atoms with E-state index in [1.165, 1.54) is 0 Å². The number of nitrogens with one attached hydrogen (secondary N) is 2. The molecule has 3 rings (SSSR count). The van der Waals surface area contributed by atoms with E-state index < -0.39 is 24.0 Å². The maximum atomic E-state index is 12.8. The number of rotatable bonds is 11. The zero-order valence-electron chi connectivity index (χ0n) is 20.0. The van der Waals surface area contributed by atoms with Gasteiger partial charge in [-0.25, -0.2) is 9.59 Å². The van der Waals surface area contributed by atoms with Crippen LogP contribution in [0.5, 0.6) is 0 Å². The molecule has 2 aromatic carbocycles. The minimum Gasteiger partial charge on any atom is -0.480 e. The van der Waals surface area contributed by atoms with E-state index in [2.05, 4.69) is 34.9 Å². The van der Waals surface area contributed by atoms with E-state index in [0.717, 1.165) is 28.7 Å². The fourth-order valence-corrected chi connectivity index (χ4v) is 4.48. The smallest absolute Gasteiger partial charge is 0.407 e. The third-order valence-electron chi connectivity index (χ3n) is 6.62. The summed E-state index contributed by atoms with van der Waals surface area (Å²) in [6.45, 7) is 5.90. The predicted octanol–water partition coefficient (Wildman–Crippen LogP) is 4.56. The van der Waals surface area contributed by atoms with E-state index in [1.54, 1.807) is 6.92 Å². The highest BCUT2D eigenvalue weighted by Gasteiger charge is 2.30. The molecule has 0 saturated carbocycles. The summed E-state index contributed by atoms with van der Waals surface area (Å²) in [5.41, 5.74) is 4.57. The van der Waals surface area contributed by atoms with E-state index in [1.807, 2.05) is 38.1 Å². The van der Waals surface area contributed by atoms with Crippen molar-refractivity contribution in [2.45, 2.75) is 52.0 Å². The first-order valence-corrected chi connectivity index (χ1v) is 12.0. The molecule has 0 spiro atoms. The van der Waals surface area contributed by atoms with E-state index >= 15 is 0 Å². The molecule has 182 valence electrons. The summed E-state index contributed by atoms with van der Waals surface area (Å²) in [6, 6.07) is 15.3. The first-order valence-electron chi connectivity index (χ1n) is 12.0. The number of benzene rings is 2. The van der Waals surface area contributed by atoms with Crippen LogP contribution in [0.25, 0.3) is 11.1 Å². The van der Waals surface area contributed by atoms with E-state index in [4.69, 9.17) is 4.74 Å². The second-order valence-corrected chi connectivity index (χ2v) is 8.90. The number of carboxylic acid groups (broad SMARTS) is 1. The first-order chi connectivity index (χ1) is 16.4. The summed E-state index contributed by atoms with van der Waals surface area (Å²) in [4.78, 5) is 36.8. The zero-order chi connectivity index (χ0) is 24.7. The number of carboxylic acids is 1. The monoisotopic (exact) mass is 466 g/mol. The molecule has 0 fully saturated rings. The van der Waals surface area contributed by atoms with Crippen molar-refractivity contribution in [3.05, 3.63) is 59.7 Å². The molecule has 2 amide bonds. The van der Waals surface area contributed by atoms with Gasteiger partial charge in [0.05, 0.1) is 5.92 Å². The molecule has 2 aromatic rings. The average Bonchev–Trinajstić information content (AvgIpc) is 3.16. The summed E-state index contributed by atoms with van der Waals surface area (Å²) >= 11 is 0. The Morgan fingerprint density at radius 1 is 1.00 bits per heavy atom. The largest absolute Gasteiger partial charge is 0.480 e. The van der Waals surface area contributed by atoms with Gasteiger partial charge in [-0.1, -0.05) is 82.1 Å². The van der Waals surface area contributed by atoms with Gasteiger partial charge in [-0.15, -0.1) is 0 Å². The molecule has 1 unspecified atom stereocenters. The van der Waals surface area contributed by atoms with Crippen LogP contribution in [0.15, 0.2) is 48.5 Å². The van der Waals surface area contributed by atoms with Gasteiger partial charge in [-0.3, -0.25) is 4.79 Å². The number of carbonyl (C=O) groups excluding carboxylic acids is 2. The number of amides is 2. The van der Waals surface area contributed by atoms with Crippen molar-refractivity contribution < 1.29 is 24.2 Å². The third kappa shape index (κ3) is 5.76. The standard InChI is InChI=1S/C27H34N2O5/c1-4-10-18(25(30)29-24(26(31)32)17(3)5-2)15-28-27(33)34-16-23-21-13-8-6-11-19(21)20-12-7-9-14-22(20)23/h6-9,11-14,17-18,23-24H,4-5,10,15-16H2,1-3H3,(H,28,33)(H,29,30)(H,31,32)/t17-,18?,24-/m0/s1. The highest BCUT2D eigenvalue weighted by Crippen LogP contribution is 2.44. The van der Waals surface area contributed by atoms with Gasteiger partial charge in [-0.05, 0) is 34.6 Å². The Hall–Kier alpha value is -3.35. The van der Waals surface area contributed by atoms with Gasteiger partial charge in [-0.2, -0.15) is 0 Å². The number of carbonyl (C=O) groups is 3. The molecule has 7 heteroatoms. The van der Waals surface area contributed by atoms with Crippen LogP contribution in [-0.2, 0) is 14.3 Å². The van der Waals surface area contributed by atoms with Crippen LogP contribution in [0.1, 0.15) is 57.1 Å². The second-order valence-electron chi connectivity index (χ2n) is 8.90. The zero-order valence-corrected chi connectivity index (χ0v) is 20.0. The van der Waals surface area contributed by atoms with Gasteiger partial charge in [0.1, 0.15) is 12.6 Å². The molecule has 0 radical (unpaired) electrons. The van der Waals surface area contributed by atoms with Crippen molar-refractivity contribution in [1.82, 2.24) is 10.6 Å². The molecule has 34 heavy (non-hydrogen) atoms. The number of hydrogen-bond donors (Lipinski definition) is 3. The minimum absolute atomic E-state index is 0.0419. The van der Waals surface area contributed by atoms with Gasteiger partial charge >= 0.3 is 12.1 Å². The lowest BCUT2D eigenvalue weighted by atomic mass is 9.97. The van der Waals surface area contributed by atoms with E-state index in [0.29, 0.717) is 12.8 Å². The van der Waals surface area contributed by atoms with Crippen molar-refractivity contribution in [3.8, 4) is 11.1 Å². The Morgan fingerprint density at radius 2 is 1.59 bits per heavy atom. The van der Waals surface area contributed by atoms with Crippen LogP contribution < -0.4 is 10.6 Å². The molecule has 0 heterocycles. The van der Waals surface area contributed by atoms with Gasteiger partial charge in [0.2, 0.25) is 5.91 Å². The highest BCUT2D eigenvalue weighted by atomic mass is 16.5. The molecule has 7 nitrogen and oxygen atoms in total. The summed E-state index contributed by atoms with van der Waals surface area (Å²) < 4.78 is 5.55. The van der Waals surface area contributed by atoms with Crippen LogP contribution in [0.4, 0.5) is 4.79 Å². The summed E-state index contributed by atoms with van der Waals surface area (Å²) in [7, 11) is 0. The third-order valence-corrected chi connectivity index (χ3v) is 6.62. The minimum atomic E-state index is -1.05. The van der Waals surface area contributed by atoms with Gasteiger partial charge in [0.25, 0.3) is 0 Å². The lowest BCUT2D eigenvalue weighted by molar-refractivity contribution is -0.144. The maximum Gasteiger partial charge on any atom is 0.407 e. The van der Waals surface area contributed by atoms with Crippen LogP contribution in [-0.4, -0.2) is 42.3 Å². The number of alkyl carbamates (subject to hydrolysis) is 1. The lowest BCUT2D eigenvalue weighted by Crippen LogP contribution is -2.49. The molecule has 1 aliphatic carbocycles. The van der Waals surface area contributed by atoms with Crippen molar-refractivity contribution >= 4 is 18.0 Å². The van der Waals surface area contributed by atoms with Gasteiger partial charge < -0.3 is 20.5 Å². The van der Waals surface area contributed by atoms with Crippen LogP contribution in [0, 0.1) is 11.8 Å². The molecule has 3 atom stereocenters. The fraction of sp³-hybridized carbons (Fsp3) is 0.444. The highest BCUT2D eigenvalue weighted by molar-refractivity contribution is 5.85. The van der Waals surface area contributed by atoms with Crippen molar-refractivity contribution in [2.24, 2.45) is 11.8 Å². The second kappa shape index (κ2) is 11.7. The summed E-state index contributed by atoms with van der Waals surface area (Å²) in [6.07, 6.45) is 1.30. The van der Waals surface area contributed by atoms with Crippen LogP contribution >= 0.6 is 0 Å². The van der Waals surface area contributed by atoms with Crippen molar-refractivity contribution in [3.63, 3.8) is 0 Å². The number of ether oxygens (including phenoxy) is 1. The van der Waals surface area contributed by atoms with Crippen molar-refractivity contribution in [1.29, 1.82) is 0 Å². The lowest BCUT2D eigenvalue weighted by Gasteiger charge is -2.24. The van der Waals surface area contributed by atoms with Crippen LogP contribution in [0.2, 0.25) is 0 Å². The Morgan fingerprint density at radius 3 is 2.12 bits per heavy atom. The van der Waals surface area contributed by atoms with Gasteiger partial charge in [0, 0.05) is 12.5 Å². The predicted molar refractivity (Wildman–Crippen MR) is 130 cm³/mol. The molecular weight excluding hydrogens is 432 g/mol. The Kier molecular flexibility index (Phi) is 8.68. The fourth-order valence-electron chi connectivity index (χ4n) is 4.48. The summed E-state index contributed by atoms with van der Waals surface area (Å²) in [5, 5.41) is 14.8. The number of aliphatic carboxylic acids is 1. The molecule has 0 aromatic heterocycles. The SMILES string of the molecule is CCCC(CNC(=O)OCC1c2ccccc2-c2ccccc21)C(=O)N[C@H](C(=O)O)[C@@H](C)CC. The molecule has 0 saturated heterocycles. The molecule has 0 bridgehead atoms. The van der Waals surface area contributed by atoms with E-state index in [-0.39, 0.29) is 30.9 Å². The Balaban J connectivity index is 1.58. The average molecular weight is 467 g/mol. The Labute approximate surface area is 200 Å². The number of fused-ring (bicyclic) bond motifs is 3. The van der Waals surface area contributed by atoms with Crippen molar-refractivity contribution in [2.75, 3.05) is 13.2 Å². The maximum absolute atomic E-state index is 12.8. The first kappa shape index (κ1) is 25.3. The van der Waals surface area contributed by atoms with Crippen LogP contribution in [0.3, 0.4) is 0 Å². The van der Waals surface area contributed by atoms with E-state index in [9.17, 15) is 19.5 Å². The topological polar surface area (TPSA) is 105 Å². The molecular formula is C27H34N2O5. The Bertz CT molecular complexity index is 976.